The molecule has 1 saturated heterocycles. The Labute approximate surface area is 240 Å². The number of carbonyl (C=O) groups is 5. The first-order valence-corrected chi connectivity index (χ1v) is 15.6. The van der Waals surface area contributed by atoms with E-state index in [0.717, 1.165) is 38.5 Å². The molecule has 2 amide bonds. The van der Waals surface area contributed by atoms with Gasteiger partial charge in [0.25, 0.3) is 5.91 Å². The first-order valence-electron chi connectivity index (χ1n) is 15.6. The number of hydrogen-bond donors (Lipinski definition) is 1. The summed E-state index contributed by atoms with van der Waals surface area (Å²) in [7, 11) is 0. The molecule has 0 bridgehead atoms. The fourth-order valence-corrected chi connectivity index (χ4v) is 7.84. The number of nitrogens with two attached hydrogens (primary N) is 1. The average Bonchev–Trinajstić information content (AvgIpc) is 3.30. The predicted molar refractivity (Wildman–Crippen MR) is 154 cm³/mol. The third kappa shape index (κ3) is 7.05. The molecule has 4 fully saturated rings. The van der Waals surface area contributed by atoms with Crippen LogP contribution in [0.3, 0.4) is 0 Å². The molecule has 224 valence electrons. The van der Waals surface area contributed by atoms with Gasteiger partial charge >= 0.3 is 0 Å². The number of nitrogens with zero attached hydrogens (tertiary/aromatic N) is 1. The third-order valence-corrected chi connectivity index (χ3v) is 10.5. The van der Waals surface area contributed by atoms with Crippen LogP contribution >= 0.6 is 0 Å². The maximum absolute atomic E-state index is 14.4. The summed E-state index contributed by atoms with van der Waals surface area (Å²) < 4.78 is 0. The van der Waals surface area contributed by atoms with Gasteiger partial charge in [0.1, 0.15) is 5.78 Å². The largest absolute Gasteiger partial charge is 0.363 e. The molecule has 3 aliphatic carbocycles. The van der Waals surface area contributed by atoms with E-state index in [9.17, 15) is 24.0 Å². The van der Waals surface area contributed by atoms with Gasteiger partial charge in [0.2, 0.25) is 11.7 Å². The molecule has 2 N–H and O–H groups in total. The van der Waals surface area contributed by atoms with Crippen LogP contribution in [0.15, 0.2) is 0 Å². The molecule has 4 rings (SSSR count). The summed E-state index contributed by atoms with van der Waals surface area (Å²) in [6.45, 7) is 12.6. The minimum absolute atomic E-state index is 0.0446. The van der Waals surface area contributed by atoms with Crippen molar-refractivity contribution in [3.63, 3.8) is 0 Å². The molecule has 4 atom stereocenters. The topological polar surface area (TPSA) is 115 Å². The van der Waals surface area contributed by atoms with Gasteiger partial charge in [-0.3, -0.25) is 24.0 Å². The fraction of sp³-hybridized carbons (Fsp3) is 0.848. The lowest BCUT2D eigenvalue weighted by molar-refractivity contribution is -0.147. The Morgan fingerprint density at radius 1 is 0.900 bits per heavy atom. The highest BCUT2D eigenvalue weighted by molar-refractivity contribution is 6.36. The van der Waals surface area contributed by atoms with E-state index in [1.165, 1.54) is 12.8 Å². The van der Waals surface area contributed by atoms with E-state index in [1.54, 1.807) is 4.90 Å². The molecule has 2 spiro atoms. The molecule has 0 aromatic heterocycles. The maximum Gasteiger partial charge on any atom is 0.285 e. The van der Waals surface area contributed by atoms with Crippen LogP contribution in [0, 0.1) is 39.4 Å². The van der Waals surface area contributed by atoms with Crippen LogP contribution in [0.5, 0.6) is 0 Å². The molecule has 0 aromatic carbocycles. The number of likely N-dealkylation sites (tertiary alicyclic amines) is 1. The van der Waals surface area contributed by atoms with Crippen molar-refractivity contribution in [2.24, 2.45) is 45.1 Å². The Morgan fingerprint density at radius 2 is 1.50 bits per heavy atom. The smallest absolute Gasteiger partial charge is 0.285 e. The summed E-state index contributed by atoms with van der Waals surface area (Å²) in [5.74, 6) is -2.71. The van der Waals surface area contributed by atoms with Crippen molar-refractivity contribution in [3.05, 3.63) is 0 Å². The number of ketones is 3. The lowest BCUT2D eigenvalue weighted by atomic mass is 9.75. The molecule has 0 aromatic rings. The van der Waals surface area contributed by atoms with E-state index < -0.39 is 35.0 Å². The van der Waals surface area contributed by atoms with E-state index in [0.29, 0.717) is 37.1 Å². The van der Waals surface area contributed by atoms with Crippen LogP contribution in [0.4, 0.5) is 0 Å². The summed E-state index contributed by atoms with van der Waals surface area (Å²) in [5.41, 5.74) is 5.08. The number of primary amides is 1. The number of amides is 2. The number of Topliss-reactive ketones (excluding diaryl/α,β-unsaturated/α-hetero) is 3. The van der Waals surface area contributed by atoms with Crippen molar-refractivity contribution in [1.82, 2.24) is 4.90 Å². The lowest BCUT2D eigenvalue weighted by Crippen LogP contribution is -2.48. The second-order valence-electron chi connectivity index (χ2n) is 16.4. The van der Waals surface area contributed by atoms with Gasteiger partial charge in [-0.2, -0.15) is 0 Å². The predicted octanol–water partition coefficient (Wildman–Crippen LogP) is 5.42. The normalized spacial score (nSPS) is 27.4. The molecule has 40 heavy (non-hydrogen) atoms. The zero-order valence-corrected chi connectivity index (χ0v) is 25.8. The molecule has 1 aliphatic heterocycles. The van der Waals surface area contributed by atoms with Crippen LogP contribution in [-0.2, 0) is 24.0 Å². The van der Waals surface area contributed by atoms with Crippen molar-refractivity contribution in [1.29, 1.82) is 0 Å². The van der Waals surface area contributed by atoms with Gasteiger partial charge in [-0.1, -0.05) is 60.8 Å². The molecule has 7 nitrogen and oxygen atoms in total. The van der Waals surface area contributed by atoms with Crippen LogP contribution < -0.4 is 5.73 Å². The van der Waals surface area contributed by atoms with Crippen molar-refractivity contribution in [2.75, 3.05) is 6.54 Å². The highest BCUT2D eigenvalue weighted by atomic mass is 16.2. The summed E-state index contributed by atoms with van der Waals surface area (Å²) in [4.78, 5) is 67.9. The summed E-state index contributed by atoms with van der Waals surface area (Å²) in [6, 6.07) is -0.617. The monoisotopic (exact) mass is 556 g/mol. The number of hydrogen-bond acceptors (Lipinski definition) is 5. The Balaban J connectivity index is 1.58. The molecule has 1 heterocycles. The lowest BCUT2D eigenvalue weighted by Gasteiger charge is -2.36. The van der Waals surface area contributed by atoms with E-state index in [1.807, 2.05) is 41.5 Å². The van der Waals surface area contributed by atoms with Gasteiger partial charge in [0, 0.05) is 37.6 Å². The first kappa shape index (κ1) is 30.9. The SMILES string of the molecule is CC(C)(C)CC(=O)C[C@H](C(=O)N1CC2(CCC3(CC3)C2)C[C@H]1C(=O)CC(CC1CCC1)C(=O)C(N)=O)C(C)(C)C. The van der Waals surface area contributed by atoms with Crippen LogP contribution in [0.1, 0.15) is 125 Å². The van der Waals surface area contributed by atoms with Crippen LogP contribution in [-0.4, -0.2) is 46.7 Å². The van der Waals surface area contributed by atoms with Gasteiger partial charge < -0.3 is 10.6 Å². The second-order valence-corrected chi connectivity index (χ2v) is 16.4. The van der Waals surface area contributed by atoms with Gasteiger partial charge in [0.15, 0.2) is 5.78 Å². The minimum atomic E-state index is -0.982. The molecular formula is C33H52N2O5. The fourth-order valence-electron chi connectivity index (χ4n) is 7.84. The summed E-state index contributed by atoms with van der Waals surface area (Å²) >= 11 is 0. The van der Waals surface area contributed by atoms with Crippen LogP contribution in [0.25, 0.3) is 0 Å². The zero-order chi connectivity index (χ0) is 29.7. The standard InChI is InChI=1S/C33H52N2O5/c1-30(2,3)17-23(36)16-24(31(4,5)6)29(40)35-20-33(13-12-32(19-33)10-11-32)18-25(35)26(37)15-22(27(38)28(34)39)14-21-8-7-9-21/h21-22,24-25H,7-20H2,1-6H3,(H2,34,39)/t22?,24-,25+,33?/m1/s1. The van der Waals surface area contributed by atoms with Crippen LogP contribution in [0.2, 0.25) is 0 Å². The third-order valence-electron chi connectivity index (χ3n) is 10.5. The molecule has 7 heteroatoms. The van der Waals surface area contributed by atoms with Gasteiger partial charge in [-0.25, -0.2) is 0 Å². The van der Waals surface area contributed by atoms with E-state index in [-0.39, 0.29) is 41.1 Å². The van der Waals surface area contributed by atoms with Crippen molar-refractivity contribution in [3.8, 4) is 0 Å². The van der Waals surface area contributed by atoms with E-state index in [2.05, 4.69) is 0 Å². The Morgan fingerprint density at radius 3 is 1.98 bits per heavy atom. The summed E-state index contributed by atoms with van der Waals surface area (Å²) in [6.07, 6.45) is 10.4. The summed E-state index contributed by atoms with van der Waals surface area (Å²) in [5, 5.41) is 0. The highest BCUT2D eigenvalue weighted by Gasteiger charge is 2.60. The van der Waals surface area contributed by atoms with Gasteiger partial charge in [-0.15, -0.1) is 0 Å². The van der Waals surface area contributed by atoms with E-state index >= 15 is 0 Å². The van der Waals surface area contributed by atoms with Crippen molar-refractivity contribution >= 4 is 29.2 Å². The molecule has 2 unspecified atom stereocenters. The minimum Gasteiger partial charge on any atom is -0.363 e. The second kappa shape index (κ2) is 11.0. The molecule has 4 aliphatic rings. The average molecular weight is 557 g/mol. The Bertz CT molecular complexity index is 1040. The van der Waals surface area contributed by atoms with E-state index in [4.69, 9.17) is 5.73 Å². The van der Waals surface area contributed by atoms with Gasteiger partial charge in [-0.05, 0) is 72.5 Å². The maximum atomic E-state index is 14.4. The quantitative estimate of drug-likeness (QED) is 0.342. The molecule has 3 saturated carbocycles. The number of rotatable bonds is 11. The van der Waals surface area contributed by atoms with Crippen molar-refractivity contribution in [2.45, 2.75) is 131 Å². The number of carbonyl (C=O) groups excluding carboxylic acids is 5. The molecule has 0 radical (unpaired) electrons. The Hall–Kier alpha value is -2.05. The van der Waals surface area contributed by atoms with Crippen molar-refractivity contribution < 1.29 is 24.0 Å². The molecular weight excluding hydrogens is 504 g/mol. The first-order chi connectivity index (χ1) is 18.4. The Kier molecular flexibility index (Phi) is 8.48. The zero-order valence-electron chi connectivity index (χ0n) is 25.8. The highest BCUT2D eigenvalue weighted by Crippen LogP contribution is 2.66. The van der Waals surface area contributed by atoms with Gasteiger partial charge in [0.05, 0.1) is 6.04 Å².